The molecule has 1 unspecified atom stereocenters. The summed E-state index contributed by atoms with van der Waals surface area (Å²) in [4.78, 5) is 0. The summed E-state index contributed by atoms with van der Waals surface area (Å²) >= 11 is 0. The molecule has 0 fully saturated rings. The van der Waals surface area contributed by atoms with Crippen molar-refractivity contribution >= 4 is 20.4 Å². The number of amidine groups is 1. The van der Waals surface area contributed by atoms with Crippen LogP contribution in [0.15, 0.2) is 23.4 Å². The molecule has 4 nitrogen and oxygen atoms in total. The smallest absolute Gasteiger partial charge is 0.170 e. The van der Waals surface area contributed by atoms with Crippen molar-refractivity contribution in [3.05, 3.63) is 29.3 Å². The number of oxime groups is 1. The van der Waals surface area contributed by atoms with Gasteiger partial charge in [-0.3, -0.25) is 0 Å². The van der Waals surface area contributed by atoms with Gasteiger partial charge in [0.15, 0.2) is 5.84 Å². The minimum atomic E-state index is 0.104. The Bertz CT molecular complexity index is 338. The van der Waals surface area contributed by atoms with Gasteiger partial charge in [-0.25, -0.2) is 0 Å². The molecule has 0 aromatic heterocycles. The first-order chi connectivity index (χ1) is 6.19. The van der Waals surface area contributed by atoms with Crippen molar-refractivity contribution in [2.75, 3.05) is 0 Å². The first-order valence-electron chi connectivity index (χ1n) is 3.75. The minimum absolute atomic E-state index is 0.104. The van der Waals surface area contributed by atoms with Crippen LogP contribution in [0.25, 0.3) is 0 Å². The van der Waals surface area contributed by atoms with E-state index in [0.29, 0.717) is 12.1 Å². The fourth-order valence-electron chi connectivity index (χ4n) is 0.998. The molecule has 0 bridgehead atoms. The van der Waals surface area contributed by atoms with E-state index < -0.39 is 0 Å². The highest BCUT2D eigenvalue weighted by Crippen LogP contribution is 2.04. The average molecular weight is 197 g/mol. The third kappa shape index (κ3) is 2.17. The zero-order valence-electron chi connectivity index (χ0n) is 7.07. The van der Waals surface area contributed by atoms with Gasteiger partial charge in [-0.2, -0.15) is 0 Å². The third-order valence-electron chi connectivity index (χ3n) is 1.77. The summed E-state index contributed by atoms with van der Waals surface area (Å²) in [5, 5.41) is 12.3. The van der Waals surface area contributed by atoms with E-state index in [1.54, 1.807) is 6.07 Å². The standard InChI is InChI=1S/C8H12N3OP/c9-4-6-2-1-5(3-7(6)13)8(10)11-12/h1-3,12H,4,9,13H2,(H2,10,11). The van der Waals surface area contributed by atoms with E-state index >= 15 is 0 Å². The lowest BCUT2D eigenvalue weighted by atomic mass is 10.1. The molecule has 1 rings (SSSR count). The van der Waals surface area contributed by atoms with Crippen LogP contribution in [0.1, 0.15) is 11.1 Å². The summed E-state index contributed by atoms with van der Waals surface area (Å²) in [7, 11) is 2.56. The lowest BCUT2D eigenvalue weighted by Gasteiger charge is -2.04. The molecule has 1 aromatic rings. The Hall–Kier alpha value is -1.12. The van der Waals surface area contributed by atoms with Crippen molar-refractivity contribution in [1.82, 2.24) is 0 Å². The molecule has 13 heavy (non-hydrogen) atoms. The number of hydrogen-bond acceptors (Lipinski definition) is 3. The van der Waals surface area contributed by atoms with E-state index in [-0.39, 0.29) is 5.84 Å². The van der Waals surface area contributed by atoms with Crippen LogP contribution < -0.4 is 16.8 Å². The van der Waals surface area contributed by atoms with Crippen LogP contribution in [0.4, 0.5) is 0 Å². The van der Waals surface area contributed by atoms with E-state index in [9.17, 15) is 0 Å². The Morgan fingerprint density at radius 1 is 1.54 bits per heavy atom. The van der Waals surface area contributed by atoms with Crippen LogP contribution in [0.2, 0.25) is 0 Å². The van der Waals surface area contributed by atoms with Gasteiger partial charge in [0.2, 0.25) is 0 Å². The monoisotopic (exact) mass is 197 g/mol. The summed E-state index contributed by atoms with van der Waals surface area (Å²) < 4.78 is 0. The molecule has 0 aliphatic rings. The largest absolute Gasteiger partial charge is 0.409 e. The van der Waals surface area contributed by atoms with E-state index in [1.165, 1.54) is 0 Å². The Kier molecular flexibility index (Phi) is 3.23. The molecular formula is C8H12N3OP. The molecular weight excluding hydrogens is 185 g/mol. The van der Waals surface area contributed by atoms with Crippen LogP contribution in [0.5, 0.6) is 0 Å². The summed E-state index contributed by atoms with van der Waals surface area (Å²) in [6, 6.07) is 5.43. The number of nitrogens with zero attached hydrogens (tertiary/aromatic N) is 1. The summed E-state index contributed by atoms with van der Waals surface area (Å²) in [5.74, 6) is 0.104. The third-order valence-corrected chi connectivity index (χ3v) is 2.31. The van der Waals surface area contributed by atoms with Gasteiger partial charge in [-0.1, -0.05) is 17.3 Å². The van der Waals surface area contributed by atoms with Gasteiger partial charge in [0, 0.05) is 12.1 Å². The lowest BCUT2D eigenvalue weighted by Crippen LogP contribution is -2.16. The van der Waals surface area contributed by atoms with Gasteiger partial charge in [0.1, 0.15) is 0 Å². The Morgan fingerprint density at radius 2 is 2.23 bits per heavy atom. The van der Waals surface area contributed by atoms with E-state index in [2.05, 4.69) is 14.4 Å². The molecule has 0 amide bonds. The lowest BCUT2D eigenvalue weighted by molar-refractivity contribution is 0.318. The second-order valence-electron chi connectivity index (χ2n) is 2.60. The fourth-order valence-corrected chi connectivity index (χ4v) is 1.39. The van der Waals surface area contributed by atoms with Crippen molar-refractivity contribution in [1.29, 1.82) is 0 Å². The van der Waals surface area contributed by atoms with Crippen LogP contribution in [0.3, 0.4) is 0 Å². The van der Waals surface area contributed by atoms with Crippen molar-refractivity contribution in [2.45, 2.75) is 6.54 Å². The minimum Gasteiger partial charge on any atom is -0.409 e. The summed E-state index contributed by atoms with van der Waals surface area (Å²) in [6.07, 6.45) is 0. The molecule has 1 aromatic carbocycles. The zero-order valence-corrected chi connectivity index (χ0v) is 8.22. The van der Waals surface area contributed by atoms with Crippen molar-refractivity contribution in [2.24, 2.45) is 16.6 Å². The second-order valence-corrected chi connectivity index (χ2v) is 3.22. The van der Waals surface area contributed by atoms with Gasteiger partial charge >= 0.3 is 0 Å². The Balaban J connectivity index is 3.10. The van der Waals surface area contributed by atoms with Gasteiger partial charge in [0.25, 0.3) is 0 Å². The van der Waals surface area contributed by atoms with Crippen molar-refractivity contribution in [3.8, 4) is 0 Å². The molecule has 70 valence electrons. The molecule has 0 spiro atoms. The summed E-state index contributed by atoms with van der Waals surface area (Å²) in [5.41, 5.74) is 12.6. The van der Waals surface area contributed by atoms with E-state index in [1.807, 2.05) is 12.1 Å². The second kappa shape index (κ2) is 4.21. The molecule has 5 heteroatoms. The molecule has 1 atom stereocenters. The van der Waals surface area contributed by atoms with Crippen LogP contribution in [-0.2, 0) is 6.54 Å². The normalized spacial score (nSPS) is 11.7. The van der Waals surface area contributed by atoms with Gasteiger partial charge < -0.3 is 16.7 Å². The summed E-state index contributed by atoms with van der Waals surface area (Å²) in [6.45, 7) is 0.481. The average Bonchev–Trinajstić information content (AvgIpc) is 2.16. The SMILES string of the molecule is NCc1ccc(/C(N)=N\O)cc1P. The maximum atomic E-state index is 8.44. The highest BCUT2D eigenvalue weighted by atomic mass is 31.0. The van der Waals surface area contributed by atoms with Crippen LogP contribution in [-0.4, -0.2) is 11.0 Å². The number of rotatable bonds is 2. The number of hydrogen-bond donors (Lipinski definition) is 3. The highest BCUT2D eigenvalue weighted by Gasteiger charge is 2.01. The van der Waals surface area contributed by atoms with Crippen molar-refractivity contribution in [3.63, 3.8) is 0 Å². The first kappa shape index (κ1) is 9.96. The van der Waals surface area contributed by atoms with Gasteiger partial charge in [-0.15, -0.1) is 9.24 Å². The highest BCUT2D eigenvalue weighted by molar-refractivity contribution is 7.27. The maximum absolute atomic E-state index is 8.44. The van der Waals surface area contributed by atoms with Crippen molar-refractivity contribution < 1.29 is 5.21 Å². The van der Waals surface area contributed by atoms with E-state index in [0.717, 1.165) is 10.9 Å². The zero-order chi connectivity index (χ0) is 9.84. The Labute approximate surface area is 78.8 Å². The van der Waals surface area contributed by atoms with E-state index in [4.69, 9.17) is 16.7 Å². The first-order valence-corrected chi connectivity index (χ1v) is 4.33. The van der Waals surface area contributed by atoms with Crippen LogP contribution in [0, 0.1) is 0 Å². The number of nitrogens with two attached hydrogens (primary N) is 2. The molecule has 0 aliphatic heterocycles. The maximum Gasteiger partial charge on any atom is 0.170 e. The number of benzene rings is 1. The topological polar surface area (TPSA) is 84.6 Å². The predicted octanol–water partition coefficient (Wildman–Crippen LogP) is -0.260. The molecule has 0 saturated heterocycles. The molecule has 0 aliphatic carbocycles. The van der Waals surface area contributed by atoms with Crippen LogP contribution >= 0.6 is 9.24 Å². The molecule has 0 heterocycles. The quantitative estimate of drug-likeness (QED) is 0.201. The predicted molar refractivity (Wildman–Crippen MR) is 56.2 cm³/mol. The molecule has 0 radical (unpaired) electrons. The molecule has 0 saturated carbocycles. The Morgan fingerprint density at radius 3 is 2.69 bits per heavy atom. The molecule has 5 N–H and O–H groups in total. The van der Waals surface area contributed by atoms with Gasteiger partial charge in [-0.05, 0) is 16.9 Å². The van der Waals surface area contributed by atoms with Gasteiger partial charge in [0.05, 0.1) is 0 Å². The fraction of sp³-hybridized carbons (Fsp3) is 0.125.